The Balaban J connectivity index is 3.13. The zero-order chi connectivity index (χ0) is 12.1. The maximum atomic E-state index is 11.0. The van der Waals surface area contributed by atoms with E-state index in [4.69, 9.17) is 5.73 Å². The Labute approximate surface area is 94.6 Å². The van der Waals surface area contributed by atoms with E-state index in [0.717, 1.165) is 6.42 Å². The lowest BCUT2D eigenvalue weighted by atomic mass is 10.2. The Hall–Kier alpha value is -1.43. The minimum absolute atomic E-state index is 0.182. The zero-order valence-electron chi connectivity index (χ0n) is 9.77. The van der Waals surface area contributed by atoms with Crippen LogP contribution in [0.3, 0.4) is 0 Å². The second-order valence-corrected chi connectivity index (χ2v) is 3.57. The highest BCUT2D eigenvalue weighted by Crippen LogP contribution is 2.24. The van der Waals surface area contributed by atoms with Gasteiger partial charge in [-0.3, -0.25) is 14.8 Å². The van der Waals surface area contributed by atoms with E-state index >= 15 is 0 Å². The van der Waals surface area contributed by atoms with Gasteiger partial charge in [-0.2, -0.15) is 5.10 Å². The Morgan fingerprint density at radius 1 is 1.44 bits per heavy atom. The van der Waals surface area contributed by atoms with Crippen LogP contribution in [-0.4, -0.2) is 21.2 Å². The predicted octanol–water partition coefficient (Wildman–Crippen LogP) is 1.26. The molecular weight excluding hydrogens is 208 g/mol. The van der Waals surface area contributed by atoms with Gasteiger partial charge in [0, 0.05) is 6.54 Å². The van der Waals surface area contributed by atoms with Gasteiger partial charge in [0.2, 0.25) is 0 Å². The van der Waals surface area contributed by atoms with Crippen molar-refractivity contribution >= 4 is 5.69 Å². The molecule has 1 heterocycles. The van der Waals surface area contributed by atoms with Crippen LogP contribution in [0.5, 0.6) is 0 Å². The molecule has 0 aromatic carbocycles. The van der Waals surface area contributed by atoms with E-state index in [1.165, 1.54) is 0 Å². The summed E-state index contributed by atoms with van der Waals surface area (Å²) in [5, 5.41) is 15.3. The van der Waals surface area contributed by atoms with Crippen LogP contribution in [0.4, 0.5) is 5.69 Å². The van der Waals surface area contributed by atoms with Crippen LogP contribution >= 0.6 is 0 Å². The molecule has 2 N–H and O–H groups in total. The number of hydrogen-bond donors (Lipinski definition) is 1. The van der Waals surface area contributed by atoms with Crippen LogP contribution in [-0.2, 0) is 19.4 Å². The first-order valence-corrected chi connectivity index (χ1v) is 5.58. The van der Waals surface area contributed by atoms with E-state index in [0.29, 0.717) is 37.3 Å². The van der Waals surface area contributed by atoms with Gasteiger partial charge in [0.1, 0.15) is 11.4 Å². The predicted molar refractivity (Wildman–Crippen MR) is 61.3 cm³/mol. The Morgan fingerprint density at radius 2 is 2.12 bits per heavy atom. The Morgan fingerprint density at radius 3 is 2.56 bits per heavy atom. The Kier molecular flexibility index (Phi) is 4.42. The summed E-state index contributed by atoms with van der Waals surface area (Å²) in [6.45, 7) is 5.00. The standard InChI is InChI=1S/C10H18N4O2/c1-3-8-10(14(15)16)9(4-2)13(12-8)7-5-6-11/h3-7,11H2,1-2H3. The fourth-order valence-electron chi connectivity index (χ4n) is 1.77. The minimum Gasteiger partial charge on any atom is -0.330 e. The van der Waals surface area contributed by atoms with E-state index in [2.05, 4.69) is 5.10 Å². The molecule has 90 valence electrons. The fraction of sp³-hybridized carbons (Fsp3) is 0.700. The molecule has 0 aliphatic heterocycles. The largest absolute Gasteiger partial charge is 0.330 e. The number of nitrogens with two attached hydrogens (primary N) is 1. The number of aromatic nitrogens is 2. The summed E-state index contributed by atoms with van der Waals surface area (Å²) in [5.74, 6) is 0. The molecule has 0 spiro atoms. The fourth-order valence-corrected chi connectivity index (χ4v) is 1.77. The summed E-state index contributed by atoms with van der Waals surface area (Å²) < 4.78 is 1.73. The minimum atomic E-state index is -0.330. The van der Waals surface area contributed by atoms with Gasteiger partial charge < -0.3 is 5.73 Å². The molecule has 1 rings (SSSR count). The lowest BCUT2D eigenvalue weighted by Crippen LogP contribution is -2.10. The van der Waals surface area contributed by atoms with Crippen LogP contribution in [0, 0.1) is 10.1 Å². The highest BCUT2D eigenvalue weighted by molar-refractivity contribution is 5.41. The molecule has 1 aromatic rings. The third kappa shape index (κ3) is 2.38. The van der Waals surface area contributed by atoms with Crippen LogP contribution in [0.1, 0.15) is 31.7 Å². The summed E-state index contributed by atoms with van der Waals surface area (Å²) in [4.78, 5) is 10.6. The number of hydrogen-bond acceptors (Lipinski definition) is 4. The summed E-state index contributed by atoms with van der Waals surface area (Å²) in [6, 6.07) is 0. The monoisotopic (exact) mass is 226 g/mol. The molecule has 0 aliphatic carbocycles. The molecule has 6 nitrogen and oxygen atoms in total. The SMILES string of the molecule is CCc1nn(CCCN)c(CC)c1[N+](=O)[O-]. The van der Waals surface area contributed by atoms with Gasteiger partial charge in [-0.15, -0.1) is 0 Å². The maximum Gasteiger partial charge on any atom is 0.313 e. The maximum absolute atomic E-state index is 11.0. The van der Waals surface area contributed by atoms with Gasteiger partial charge in [0.05, 0.1) is 4.92 Å². The van der Waals surface area contributed by atoms with Gasteiger partial charge in [0.15, 0.2) is 0 Å². The molecule has 0 saturated heterocycles. The Bertz CT molecular complexity index is 373. The average Bonchev–Trinajstić information content (AvgIpc) is 2.63. The molecular formula is C10H18N4O2. The van der Waals surface area contributed by atoms with Gasteiger partial charge >= 0.3 is 5.69 Å². The summed E-state index contributed by atoms with van der Waals surface area (Å²) in [7, 11) is 0. The van der Waals surface area contributed by atoms with Crippen LogP contribution in [0.2, 0.25) is 0 Å². The molecule has 0 atom stereocenters. The number of nitro groups is 1. The topological polar surface area (TPSA) is 87.0 Å². The normalized spacial score (nSPS) is 10.7. The van der Waals surface area contributed by atoms with E-state index in [-0.39, 0.29) is 10.6 Å². The second kappa shape index (κ2) is 5.60. The molecule has 0 amide bonds. The summed E-state index contributed by atoms with van der Waals surface area (Å²) in [6.07, 6.45) is 1.99. The van der Waals surface area contributed by atoms with E-state index in [9.17, 15) is 10.1 Å². The highest BCUT2D eigenvalue weighted by Gasteiger charge is 2.24. The smallest absolute Gasteiger partial charge is 0.313 e. The van der Waals surface area contributed by atoms with Crippen LogP contribution < -0.4 is 5.73 Å². The molecule has 16 heavy (non-hydrogen) atoms. The molecule has 0 saturated carbocycles. The molecule has 0 bridgehead atoms. The first-order chi connectivity index (χ1) is 7.65. The van der Waals surface area contributed by atoms with Crippen molar-refractivity contribution in [1.82, 2.24) is 9.78 Å². The lowest BCUT2D eigenvalue weighted by Gasteiger charge is -2.03. The van der Waals surface area contributed by atoms with Gasteiger partial charge in [0.25, 0.3) is 0 Å². The van der Waals surface area contributed by atoms with Crippen molar-refractivity contribution in [3.8, 4) is 0 Å². The van der Waals surface area contributed by atoms with Gasteiger partial charge in [-0.25, -0.2) is 0 Å². The molecule has 0 aliphatic rings. The molecule has 0 radical (unpaired) electrons. The van der Waals surface area contributed by atoms with Crippen molar-refractivity contribution in [2.45, 2.75) is 39.7 Å². The average molecular weight is 226 g/mol. The molecule has 1 aromatic heterocycles. The van der Waals surface area contributed by atoms with Crippen molar-refractivity contribution in [1.29, 1.82) is 0 Å². The summed E-state index contributed by atoms with van der Waals surface area (Å²) >= 11 is 0. The third-order valence-electron chi connectivity index (χ3n) is 2.53. The number of aryl methyl sites for hydroxylation is 2. The quantitative estimate of drug-likeness (QED) is 0.584. The molecule has 0 fully saturated rings. The van der Waals surface area contributed by atoms with Crippen LogP contribution in [0.15, 0.2) is 0 Å². The van der Waals surface area contributed by atoms with Crippen molar-refractivity contribution in [2.24, 2.45) is 5.73 Å². The third-order valence-corrected chi connectivity index (χ3v) is 2.53. The first kappa shape index (κ1) is 12.6. The van der Waals surface area contributed by atoms with Crippen molar-refractivity contribution < 1.29 is 4.92 Å². The zero-order valence-corrected chi connectivity index (χ0v) is 9.77. The van der Waals surface area contributed by atoms with Crippen molar-refractivity contribution in [2.75, 3.05) is 6.54 Å². The number of nitrogens with zero attached hydrogens (tertiary/aromatic N) is 3. The highest BCUT2D eigenvalue weighted by atomic mass is 16.6. The van der Waals surface area contributed by atoms with E-state index < -0.39 is 0 Å². The molecule has 0 unspecified atom stereocenters. The van der Waals surface area contributed by atoms with Crippen molar-refractivity contribution in [3.05, 3.63) is 21.5 Å². The van der Waals surface area contributed by atoms with E-state index in [1.54, 1.807) is 4.68 Å². The van der Waals surface area contributed by atoms with Gasteiger partial charge in [-0.1, -0.05) is 13.8 Å². The number of rotatable bonds is 6. The second-order valence-electron chi connectivity index (χ2n) is 3.57. The van der Waals surface area contributed by atoms with Crippen molar-refractivity contribution in [3.63, 3.8) is 0 Å². The summed E-state index contributed by atoms with van der Waals surface area (Å²) in [5.41, 5.74) is 6.88. The lowest BCUT2D eigenvalue weighted by molar-refractivity contribution is -0.386. The van der Waals surface area contributed by atoms with Gasteiger partial charge in [-0.05, 0) is 25.8 Å². The first-order valence-electron chi connectivity index (χ1n) is 5.58. The molecule has 6 heteroatoms. The van der Waals surface area contributed by atoms with Crippen LogP contribution in [0.25, 0.3) is 0 Å². The van der Waals surface area contributed by atoms with E-state index in [1.807, 2.05) is 13.8 Å².